The Hall–Kier alpha value is -2.06. The van der Waals surface area contributed by atoms with E-state index >= 15 is 0 Å². The normalized spacial score (nSPS) is 22.0. The van der Waals surface area contributed by atoms with Gasteiger partial charge in [0.05, 0.1) is 11.3 Å². The molecule has 1 atom stereocenters. The molecule has 2 heterocycles. The van der Waals surface area contributed by atoms with Crippen molar-refractivity contribution >= 4 is 11.9 Å². The summed E-state index contributed by atoms with van der Waals surface area (Å²) in [5.41, 5.74) is -2.20. The average Bonchev–Trinajstić information content (AvgIpc) is 3.01. The minimum absolute atomic E-state index is 0.0791. The monoisotopic (exact) mass is 333 g/mol. The van der Waals surface area contributed by atoms with Gasteiger partial charge in [0.1, 0.15) is 0 Å². The van der Waals surface area contributed by atoms with E-state index in [4.69, 9.17) is 5.11 Å². The van der Waals surface area contributed by atoms with E-state index < -0.39 is 36.4 Å². The van der Waals surface area contributed by atoms with Gasteiger partial charge < -0.3 is 10.0 Å². The highest BCUT2D eigenvalue weighted by molar-refractivity contribution is 5.96. The van der Waals surface area contributed by atoms with E-state index in [9.17, 15) is 22.8 Å². The van der Waals surface area contributed by atoms with Gasteiger partial charge >= 0.3 is 12.1 Å². The zero-order chi connectivity index (χ0) is 17.6. The lowest BCUT2D eigenvalue weighted by Gasteiger charge is -2.27. The van der Waals surface area contributed by atoms with Crippen LogP contribution in [-0.2, 0) is 11.8 Å². The second kappa shape index (κ2) is 5.54. The van der Waals surface area contributed by atoms with E-state index in [0.717, 1.165) is 4.90 Å². The Balaban J connectivity index is 2.32. The number of carboxylic acids is 1. The number of halogens is 3. The molecule has 9 heteroatoms. The van der Waals surface area contributed by atoms with E-state index in [2.05, 4.69) is 5.10 Å². The molecule has 0 bridgehead atoms. The van der Waals surface area contributed by atoms with Gasteiger partial charge in [0, 0.05) is 26.3 Å². The van der Waals surface area contributed by atoms with Crippen molar-refractivity contribution in [2.75, 3.05) is 13.1 Å². The Morgan fingerprint density at radius 2 is 2.00 bits per heavy atom. The molecule has 0 radical (unpaired) electrons. The van der Waals surface area contributed by atoms with E-state index in [1.54, 1.807) is 7.05 Å². The number of alkyl halides is 3. The van der Waals surface area contributed by atoms with Crippen molar-refractivity contribution in [2.45, 2.75) is 32.4 Å². The summed E-state index contributed by atoms with van der Waals surface area (Å²) in [6.07, 6.45) is -4.11. The van der Waals surface area contributed by atoms with Crippen molar-refractivity contribution in [3.63, 3.8) is 0 Å². The van der Waals surface area contributed by atoms with Crippen LogP contribution < -0.4 is 0 Å². The molecule has 1 unspecified atom stereocenters. The third-order valence-electron chi connectivity index (χ3n) is 4.14. The molecular formula is C14H18F3N3O3. The predicted octanol–water partition coefficient (Wildman–Crippen LogP) is 2.02. The van der Waals surface area contributed by atoms with Crippen LogP contribution in [0.3, 0.4) is 0 Å². The van der Waals surface area contributed by atoms with E-state index in [1.165, 1.54) is 10.9 Å². The van der Waals surface area contributed by atoms with E-state index in [0.29, 0.717) is 5.69 Å². The van der Waals surface area contributed by atoms with Crippen molar-refractivity contribution < 1.29 is 27.9 Å². The molecule has 1 fully saturated rings. The third-order valence-corrected chi connectivity index (χ3v) is 4.14. The second-order valence-corrected chi connectivity index (χ2v) is 6.12. The minimum atomic E-state index is -4.91. The summed E-state index contributed by atoms with van der Waals surface area (Å²) in [4.78, 5) is 24.7. The number of carbonyl (C=O) groups is 2. The number of hydrogen-bond acceptors (Lipinski definition) is 3. The largest absolute Gasteiger partial charge is 0.481 e. The molecule has 0 aliphatic carbocycles. The van der Waals surface area contributed by atoms with E-state index in [1.807, 2.05) is 13.8 Å². The first-order chi connectivity index (χ1) is 10.5. The number of hydrogen-bond donors (Lipinski definition) is 1. The number of amides is 1. The third kappa shape index (κ3) is 2.79. The summed E-state index contributed by atoms with van der Waals surface area (Å²) in [7, 11) is 1.61. The smallest absolute Gasteiger partial charge is 0.406 e. The number of rotatable bonds is 3. The first-order valence-corrected chi connectivity index (χ1v) is 7.12. The zero-order valence-corrected chi connectivity index (χ0v) is 13.0. The summed E-state index contributed by atoms with van der Waals surface area (Å²) < 4.78 is 41.0. The van der Waals surface area contributed by atoms with Crippen LogP contribution in [0.5, 0.6) is 0 Å². The summed E-state index contributed by atoms with van der Waals surface area (Å²) in [6.45, 7) is 2.51. The van der Waals surface area contributed by atoms with Crippen LogP contribution in [0, 0.1) is 5.41 Å². The van der Waals surface area contributed by atoms with Crippen LogP contribution in [0.4, 0.5) is 13.2 Å². The molecule has 2 rings (SSSR count). The molecule has 1 saturated heterocycles. The highest BCUT2D eigenvalue weighted by atomic mass is 19.4. The van der Waals surface area contributed by atoms with Gasteiger partial charge in [0.25, 0.3) is 5.91 Å². The van der Waals surface area contributed by atoms with Gasteiger partial charge in [-0.3, -0.25) is 14.3 Å². The fourth-order valence-corrected chi connectivity index (χ4v) is 2.78. The number of nitrogens with zero attached hydrogens (tertiary/aromatic N) is 3. The first-order valence-electron chi connectivity index (χ1n) is 7.12. The number of carboxylic acid groups (broad SMARTS) is 1. The minimum Gasteiger partial charge on any atom is -0.481 e. The number of aromatic nitrogens is 2. The molecule has 6 nitrogen and oxygen atoms in total. The van der Waals surface area contributed by atoms with Crippen LogP contribution in [0.1, 0.15) is 42.2 Å². The van der Waals surface area contributed by atoms with Crippen molar-refractivity contribution in [3.05, 3.63) is 17.5 Å². The Bertz CT molecular complexity index is 639. The standard InChI is InChI=1S/C14H18F3N3O3/c1-8(2)10-9(6-19(3)18-10)11(21)20-5-4-13(7-20,12(22)23)14(15,16)17/h6,8H,4-5,7H2,1-3H3,(H,22,23). The lowest BCUT2D eigenvalue weighted by Crippen LogP contribution is -2.47. The molecule has 1 aliphatic rings. The molecule has 1 aromatic rings. The van der Waals surface area contributed by atoms with Gasteiger partial charge in [0.2, 0.25) is 0 Å². The molecule has 1 N–H and O–H groups in total. The van der Waals surface area contributed by atoms with Crippen LogP contribution in [0.25, 0.3) is 0 Å². The lowest BCUT2D eigenvalue weighted by atomic mass is 9.86. The highest BCUT2D eigenvalue weighted by Gasteiger charge is 2.64. The summed E-state index contributed by atoms with van der Waals surface area (Å²) in [6, 6.07) is 0. The maximum absolute atomic E-state index is 13.2. The van der Waals surface area contributed by atoms with Gasteiger partial charge in [0.15, 0.2) is 5.41 Å². The SMILES string of the molecule is CC(C)c1nn(C)cc1C(=O)N1CCC(C(=O)O)(C(F)(F)F)C1. The fourth-order valence-electron chi connectivity index (χ4n) is 2.78. The zero-order valence-electron chi connectivity index (χ0n) is 13.0. The first kappa shape index (κ1) is 17.3. The molecule has 1 aromatic heterocycles. The van der Waals surface area contributed by atoms with Crippen LogP contribution >= 0.6 is 0 Å². The summed E-state index contributed by atoms with van der Waals surface area (Å²) in [5.74, 6) is -2.64. The molecule has 23 heavy (non-hydrogen) atoms. The summed E-state index contributed by atoms with van der Waals surface area (Å²) >= 11 is 0. The van der Waals surface area contributed by atoms with Gasteiger partial charge in [-0.05, 0) is 12.3 Å². The maximum atomic E-state index is 13.2. The Morgan fingerprint density at radius 1 is 1.39 bits per heavy atom. The summed E-state index contributed by atoms with van der Waals surface area (Å²) in [5, 5.41) is 13.2. The second-order valence-electron chi connectivity index (χ2n) is 6.12. The molecule has 0 aromatic carbocycles. The molecule has 0 spiro atoms. The van der Waals surface area contributed by atoms with E-state index in [-0.39, 0.29) is 18.0 Å². The maximum Gasteiger partial charge on any atom is 0.406 e. The van der Waals surface area contributed by atoms with Crippen molar-refractivity contribution in [1.82, 2.24) is 14.7 Å². The Kier molecular flexibility index (Phi) is 4.16. The molecule has 1 aliphatic heterocycles. The van der Waals surface area contributed by atoms with Crippen molar-refractivity contribution in [2.24, 2.45) is 12.5 Å². The Morgan fingerprint density at radius 3 is 2.43 bits per heavy atom. The van der Waals surface area contributed by atoms with Gasteiger partial charge in [-0.1, -0.05) is 13.8 Å². The average molecular weight is 333 g/mol. The molecule has 0 saturated carbocycles. The van der Waals surface area contributed by atoms with Crippen molar-refractivity contribution in [3.8, 4) is 0 Å². The van der Waals surface area contributed by atoms with Crippen molar-refractivity contribution in [1.29, 1.82) is 0 Å². The fraction of sp³-hybridized carbons (Fsp3) is 0.643. The Labute approximate surface area is 130 Å². The van der Waals surface area contributed by atoms with Gasteiger partial charge in [-0.2, -0.15) is 18.3 Å². The van der Waals surface area contributed by atoms with Crippen LogP contribution in [0.15, 0.2) is 6.20 Å². The van der Waals surface area contributed by atoms with Crippen LogP contribution in [0.2, 0.25) is 0 Å². The predicted molar refractivity (Wildman–Crippen MR) is 73.9 cm³/mol. The molecule has 128 valence electrons. The molecular weight excluding hydrogens is 315 g/mol. The van der Waals surface area contributed by atoms with Gasteiger partial charge in [-0.15, -0.1) is 0 Å². The number of aryl methyl sites for hydroxylation is 1. The molecule has 1 amide bonds. The quantitative estimate of drug-likeness (QED) is 0.918. The van der Waals surface area contributed by atoms with Crippen LogP contribution in [-0.4, -0.2) is 50.9 Å². The van der Waals surface area contributed by atoms with Gasteiger partial charge in [-0.25, -0.2) is 0 Å². The number of carbonyl (C=O) groups excluding carboxylic acids is 1. The number of likely N-dealkylation sites (tertiary alicyclic amines) is 1. The lowest BCUT2D eigenvalue weighted by molar-refractivity contribution is -0.227. The highest BCUT2D eigenvalue weighted by Crippen LogP contribution is 2.46. The number of aliphatic carboxylic acids is 1. The topological polar surface area (TPSA) is 75.4 Å².